The number of hydrogen-bond acceptors (Lipinski definition) is 2. The van der Waals surface area contributed by atoms with Crippen molar-refractivity contribution in [3.63, 3.8) is 0 Å². The van der Waals surface area contributed by atoms with Gasteiger partial charge in [-0.1, -0.05) is 45.7 Å². The molecule has 0 aliphatic carbocycles. The molecule has 0 spiro atoms. The fourth-order valence-corrected chi connectivity index (χ4v) is 2.68. The van der Waals surface area contributed by atoms with Crippen molar-refractivity contribution in [1.29, 1.82) is 0 Å². The minimum atomic E-state index is 0.108. The zero-order chi connectivity index (χ0) is 13.8. The molecule has 3 N–H and O–H groups in total. The van der Waals surface area contributed by atoms with Crippen molar-refractivity contribution in [2.24, 2.45) is 5.73 Å². The molecule has 0 aliphatic rings. The van der Waals surface area contributed by atoms with Gasteiger partial charge in [0.2, 0.25) is 0 Å². The summed E-state index contributed by atoms with van der Waals surface area (Å²) in [5, 5.41) is 9.80. The monoisotopic (exact) mass is 339 g/mol. The summed E-state index contributed by atoms with van der Waals surface area (Å²) < 4.78 is 1.05. The molecule has 0 aliphatic heterocycles. The molecule has 0 saturated heterocycles. The normalized spacial score (nSPS) is 12.4. The summed E-state index contributed by atoms with van der Waals surface area (Å²) >= 11 is 9.39. The van der Waals surface area contributed by atoms with Crippen LogP contribution < -0.4 is 5.73 Å². The van der Waals surface area contributed by atoms with E-state index in [1.807, 2.05) is 18.2 Å². The molecule has 2 nitrogen and oxygen atoms in total. The number of hydrogen-bond donors (Lipinski definition) is 2. The largest absolute Gasteiger partial charge is 0.506 e. The van der Waals surface area contributed by atoms with E-state index in [2.05, 4.69) is 28.1 Å². The average Bonchev–Trinajstić information content (AvgIpc) is 2.40. The highest BCUT2D eigenvalue weighted by molar-refractivity contribution is 9.10. The summed E-state index contributed by atoms with van der Waals surface area (Å²) in [5.41, 5.74) is 8.14. The van der Waals surface area contributed by atoms with E-state index in [1.165, 1.54) is 5.56 Å². The zero-order valence-corrected chi connectivity index (χ0v) is 12.7. The van der Waals surface area contributed by atoms with Gasteiger partial charge in [0.1, 0.15) is 5.75 Å². The average molecular weight is 341 g/mol. The van der Waals surface area contributed by atoms with Crippen LogP contribution in [0.5, 0.6) is 5.75 Å². The summed E-state index contributed by atoms with van der Waals surface area (Å²) in [6, 6.07) is 13.4. The van der Waals surface area contributed by atoms with Crippen molar-refractivity contribution < 1.29 is 5.11 Å². The first-order valence-electron chi connectivity index (χ1n) is 6.03. The first-order chi connectivity index (χ1) is 9.10. The maximum absolute atomic E-state index is 9.43. The van der Waals surface area contributed by atoms with Gasteiger partial charge in [0, 0.05) is 10.4 Å². The molecule has 2 aromatic carbocycles. The Kier molecular flexibility index (Phi) is 4.86. The molecule has 1 unspecified atom stereocenters. The molecule has 0 amide bonds. The van der Waals surface area contributed by atoms with Crippen LogP contribution in [0.15, 0.2) is 46.9 Å². The lowest BCUT2D eigenvalue weighted by Crippen LogP contribution is -2.15. The van der Waals surface area contributed by atoms with Crippen LogP contribution in [0.25, 0.3) is 0 Å². The molecule has 2 rings (SSSR count). The van der Waals surface area contributed by atoms with Crippen LogP contribution in [-0.4, -0.2) is 11.7 Å². The Balaban J connectivity index is 2.21. The van der Waals surface area contributed by atoms with Crippen LogP contribution in [0.2, 0.25) is 5.02 Å². The van der Waals surface area contributed by atoms with Gasteiger partial charge >= 0.3 is 0 Å². The number of nitrogens with two attached hydrogens (primary N) is 1. The topological polar surface area (TPSA) is 46.2 Å². The highest BCUT2D eigenvalue weighted by atomic mass is 79.9. The fourth-order valence-electron chi connectivity index (χ4n) is 2.06. The third-order valence-electron chi connectivity index (χ3n) is 3.10. The molecule has 0 bridgehead atoms. The number of halogens is 2. The van der Waals surface area contributed by atoms with Gasteiger partial charge < -0.3 is 10.8 Å². The van der Waals surface area contributed by atoms with E-state index in [9.17, 15) is 5.11 Å². The molecular weight excluding hydrogens is 326 g/mol. The van der Waals surface area contributed by atoms with E-state index in [0.717, 1.165) is 16.5 Å². The molecule has 0 aromatic heterocycles. The zero-order valence-electron chi connectivity index (χ0n) is 10.3. The third kappa shape index (κ3) is 3.72. The number of aromatic hydroxyl groups is 1. The predicted octanol–water partition coefficient (Wildman–Crippen LogP) is 4.09. The standard InChI is InChI=1S/C15H15BrClNO/c16-13-3-1-2-11(8-13)12(9-18)6-10-4-5-15(19)14(17)7-10/h1-5,7-8,12,19H,6,9,18H2. The molecule has 0 radical (unpaired) electrons. The molecule has 0 heterocycles. The van der Waals surface area contributed by atoms with E-state index in [4.69, 9.17) is 17.3 Å². The molecule has 100 valence electrons. The fraction of sp³-hybridized carbons (Fsp3) is 0.200. The second kappa shape index (κ2) is 6.42. The third-order valence-corrected chi connectivity index (χ3v) is 3.89. The number of phenolic OH excluding ortho intramolecular Hbond substituents is 1. The van der Waals surface area contributed by atoms with Gasteiger partial charge in [-0.2, -0.15) is 0 Å². The number of benzene rings is 2. The first-order valence-corrected chi connectivity index (χ1v) is 7.20. The van der Waals surface area contributed by atoms with E-state index < -0.39 is 0 Å². The van der Waals surface area contributed by atoms with Gasteiger partial charge in [-0.05, 0) is 48.4 Å². The summed E-state index contributed by atoms with van der Waals surface area (Å²) in [6.45, 7) is 0.564. The predicted molar refractivity (Wildman–Crippen MR) is 82.8 cm³/mol. The van der Waals surface area contributed by atoms with Gasteiger partial charge in [-0.25, -0.2) is 0 Å². The number of phenols is 1. The van der Waals surface area contributed by atoms with Crippen LogP contribution in [0, 0.1) is 0 Å². The Morgan fingerprint density at radius 1 is 1.21 bits per heavy atom. The highest BCUT2D eigenvalue weighted by Crippen LogP contribution is 2.27. The minimum absolute atomic E-state index is 0.108. The van der Waals surface area contributed by atoms with Crippen LogP contribution in [0.1, 0.15) is 17.0 Å². The lowest BCUT2D eigenvalue weighted by molar-refractivity contribution is 0.475. The molecule has 4 heteroatoms. The molecule has 2 aromatic rings. The SMILES string of the molecule is NCC(Cc1ccc(O)c(Cl)c1)c1cccc(Br)c1. The Bertz CT molecular complexity index is 574. The summed E-state index contributed by atoms with van der Waals surface area (Å²) in [5.74, 6) is 0.343. The lowest BCUT2D eigenvalue weighted by Gasteiger charge is -2.16. The van der Waals surface area contributed by atoms with Gasteiger partial charge in [0.15, 0.2) is 0 Å². The smallest absolute Gasteiger partial charge is 0.134 e. The Hall–Kier alpha value is -1.03. The summed E-state index contributed by atoms with van der Waals surface area (Å²) in [7, 11) is 0. The van der Waals surface area contributed by atoms with E-state index in [1.54, 1.807) is 12.1 Å². The van der Waals surface area contributed by atoms with Gasteiger partial charge in [-0.3, -0.25) is 0 Å². The van der Waals surface area contributed by atoms with Crippen molar-refractivity contribution in [1.82, 2.24) is 0 Å². The molecular formula is C15H15BrClNO. The van der Waals surface area contributed by atoms with E-state index in [0.29, 0.717) is 11.6 Å². The Labute approximate surface area is 126 Å². The second-order valence-electron chi connectivity index (χ2n) is 4.48. The van der Waals surface area contributed by atoms with Gasteiger partial charge in [0.05, 0.1) is 5.02 Å². The van der Waals surface area contributed by atoms with Crippen LogP contribution in [-0.2, 0) is 6.42 Å². The van der Waals surface area contributed by atoms with Crippen molar-refractivity contribution in [2.45, 2.75) is 12.3 Å². The molecule has 19 heavy (non-hydrogen) atoms. The van der Waals surface area contributed by atoms with Gasteiger partial charge in [0.25, 0.3) is 0 Å². The quantitative estimate of drug-likeness (QED) is 0.880. The maximum Gasteiger partial charge on any atom is 0.134 e. The van der Waals surface area contributed by atoms with Crippen molar-refractivity contribution in [3.8, 4) is 5.75 Å². The van der Waals surface area contributed by atoms with E-state index >= 15 is 0 Å². The first kappa shape index (κ1) is 14.4. The Morgan fingerprint density at radius 3 is 2.63 bits per heavy atom. The minimum Gasteiger partial charge on any atom is -0.506 e. The van der Waals surface area contributed by atoms with E-state index in [-0.39, 0.29) is 11.7 Å². The summed E-state index contributed by atoms with van der Waals surface area (Å²) in [4.78, 5) is 0. The molecule has 1 atom stereocenters. The van der Waals surface area contributed by atoms with Crippen molar-refractivity contribution in [3.05, 3.63) is 63.1 Å². The summed E-state index contributed by atoms with van der Waals surface area (Å²) in [6.07, 6.45) is 0.799. The second-order valence-corrected chi connectivity index (χ2v) is 5.80. The van der Waals surface area contributed by atoms with Crippen molar-refractivity contribution in [2.75, 3.05) is 6.54 Å². The molecule has 0 fully saturated rings. The highest BCUT2D eigenvalue weighted by Gasteiger charge is 2.12. The van der Waals surface area contributed by atoms with Crippen molar-refractivity contribution >= 4 is 27.5 Å². The lowest BCUT2D eigenvalue weighted by atomic mass is 9.92. The maximum atomic E-state index is 9.43. The Morgan fingerprint density at radius 2 is 2.00 bits per heavy atom. The van der Waals surface area contributed by atoms with Crippen LogP contribution in [0.3, 0.4) is 0 Å². The number of rotatable bonds is 4. The van der Waals surface area contributed by atoms with Gasteiger partial charge in [-0.15, -0.1) is 0 Å². The molecule has 0 saturated carbocycles. The van der Waals surface area contributed by atoms with Crippen LogP contribution in [0.4, 0.5) is 0 Å². The van der Waals surface area contributed by atoms with Crippen LogP contribution >= 0.6 is 27.5 Å².